The first-order valence-corrected chi connectivity index (χ1v) is 12.8. The summed E-state index contributed by atoms with van der Waals surface area (Å²) in [6, 6.07) is 3.98. The number of alkyl halides is 2. The number of nitrogens with zero attached hydrogens (tertiary/aromatic N) is 3. The largest absolute Gasteiger partial charge is 0.464 e. The molecule has 0 aromatic carbocycles. The second kappa shape index (κ2) is 11.4. The number of thiazole rings is 1. The van der Waals surface area contributed by atoms with Crippen LogP contribution >= 0.6 is 11.3 Å². The fourth-order valence-electron chi connectivity index (χ4n) is 4.53. The van der Waals surface area contributed by atoms with Gasteiger partial charge in [-0.3, -0.25) is 14.7 Å². The summed E-state index contributed by atoms with van der Waals surface area (Å²) >= 11 is 1.40. The topological polar surface area (TPSA) is 67.3 Å². The lowest BCUT2D eigenvalue weighted by Gasteiger charge is -2.31. The molecule has 0 bridgehead atoms. The minimum Gasteiger partial charge on any atom is -0.464 e. The summed E-state index contributed by atoms with van der Waals surface area (Å²) in [6.45, 7) is 2.95. The number of aromatic nitrogens is 2. The normalized spacial score (nSPS) is 21.4. The quantitative estimate of drug-likeness (QED) is 0.516. The maximum absolute atomic E-state index is 13.0. The van der Waals surface area contributed by atoms with Crippen molar-refractivity contribution in [3.63, 3.8) is 0 Å². The maximum Gasteiger partial charge on any atom is 0.278 e. The maximum atomic E-state index is 13.0. The highest BCUT2D eigenvalue weighted by atomic mass is 32.1. The van der Waals surface area contributed by atoms with Gasteiger partial charge in [0.05, 0.1) is 5.69 Å². The summed E-state index contributed by atoms with van der Waals surface area (Å²) in [7, 11) is 0. The molecule has 1 fully saturated rings. The number of pyridine rings is 1. The van der Waals surface area contributed by atoms with Gasteiger partial charge >= 0.3 is 0 Å². The molecule has 0 radical (unpaired) electrons. The summed E-state index contributed by atoms with van der Waals surface area (Å²) in [4.78, 5) is 24.2. The van der Waals surface area contributed by atoms with Crippen LogP contribution in [0, 0.1) is 5.92 Å². The number of carbonyl (C=O) groups is 1. The molecule has 0 spiro atoms. The van der Waals surface area contributed by atoms with Gasteiger partial charge in [0.25, 0.3) is 11.1 Å². The van der Waals surface area contributed by atoms with Crippen LogP contribution in [-0.4, -0.2) is 52.4 Å². The third-order valence-electron chi connectivity index (χ3n) is 6.42. The molecule has 0 unspecified atom stereocenters. The molecule has 2 aliphatic rings. The van der Waals surface area contributed by atoms with Crippen molar-refractivity contribution in [3.8, 4) is 5.19 Å². The fraction of sp³-hybridized carbons (Fsp3) is 0.560. The minimum atomic E-state index is -2.85. The number of nitrogens with one attached hydrogen (secondary N) is 1. The Morgan fingerprint density at radius 2 is 2.06 bits per heavy atom. The lowest BCUT2D eigenvalue weighted by molar-refractivity contribution is -0.117. The van der Waals surface area contributed by atoms with E-state index in [0.29, 0.717) is 11.1 Å². The molecule has 1 amide bonds. The Labute approximate surface area is 203 Å². The lowest BCUT2D eigenvalue weighted by Crippen LogP contribution is -2.37. The first kappa shape index (κ1) is 24.7. The average Bonchev–Trinajstić information content (AvgIpc) is 3.24. The summed E-state index contributed by atoms with van der Waals surface area (Å²) < 4.78 is 31.3. The molecular formula is C25H32F2N4O2S. The van der Waals surface area contributed by atoms with E-state index in [4.69, 9.17) is 4.74 Å². The number of hydrogen-bond acceptors (Lipinski definition) is 6. The van der Waals surface area contributed by atoms with Crippen molar-refractivity contribution in [1.29, 1.82) is 0 Å². The van der Waals surface area contributed by atoms with E-state index in [2.05, 4.69) is 20.2 Å². The van der Waals surface area contributed by atoms with Crippen LogP contribution < -0.4 is 10.1 Å². The molecule has 3 heterocycles. The number of rotatable bonds is 9. The van der Waals surface area contributed by atoms with Crippen molar-refractivity contribution in [1.82, 2.24) is 20.2 Å². The van der Waals surface area contributed by atoms with Crippen molar-refractivity contribution in [2.45, 2.75) is 64.0 Å². The molecule has 6 nitrogen and oxygen atoms in total. The second-order valence-electron chi connectivity index (χ2n) is 9.36. The number of amides is 1. The van der Waals surface area contributed by atoms with Crippen LogP contribution in [0.5, 0.6) is 5.19 Å². The van der Waals surface area contributed by atoms with E-state index < -0.39 is 12.5 Å². The monoisotopic (exact) mass is 490 g/mol. The van der Waals surface area contributed by atoms with Gasteiger partial charge in [0, 0.05) is 49.4 Å². The smallest absolute Gasteiger partial charge is 0.278 e. The van der Waals surface area contributed by atoms with Crippen molar-refractivity contribution in [2.24, 2.45) is 5.92 Å². The Morgan fingerprint density at radius 1 is 1.29 bits per heavy atom. The summed E-state index contributed by atoms with van der Waals surface area (Å²) in [5.41, 5.74) is 1.93. The SMILES string of the molecule is CC(F)(F)COc1nc2c(s1)CCN(CC[C@H]1CC[C@H](NC(=O)/C=C/c3ccncc3)CC1)C2. The van der Waals surface area contributed by atoms with E-state index in [1.54, 1.807) is 18.5 Å². The van der Waals surface area contributed by atoms with Gasteiger partial charge in [0.1, 0.15) is 0 Å². The molecule has 2 aromatic heterocycles. The van der Waals surface area contributed by atoms with E-state index in [9.17, 15) is 13.6 Å². The van der Waals surface area contributed by atoms with E-state index in [-0.39, 0.29) is 11.9 Å². The highest BCUT2D eigenvalue weighted by Gasteiger charge is 2.27. The number of fused-ring (bicyclic) bond motifs is 1. The molecule has 0 atom stereocenters. The Kier molecular flexibility index (Phi) is 8.26. The minimum absolute atomic E-state index is 0.0429. The molecule has 1 aliphatic carbocycles. The van der Waals surface area contributed by atoms with Crippen molar-refractivity contribution < 1.29 is 18.3 Å². The first-order chi connectivity index (χ1) is 16.3. The van der Waals surface area contributed by atoms with Crippen LogP contribution in [-0.2, 0) is 17.8 Å². The van der Waals surface area contributed by atoms with Gasteiger partial charge in [-0.05, 0) is 74.8 Å². The van der Waals surface area contributed by atoms with Crippen molar-refractivity contribution >= 4 is 23.3 Å². The summed E-state index contributed by atoms with van der Waals surface area (Å²) in [5, 5.41) is 3.48. The first-order valence-electron chi connectivity index (χ1n) is 11.9. The number of halogens is 2. The fourth-order valence-corrected chi connectivity index (χ4v) is 5.43. The van der Waals surface area contributed by atoms with Crippen LogP contribution in [0.1, 0.15) is 55.2 Å². The molecule has 184 valence electrons. The zero-order valence-corrected chi connectivity index (χ0v) is 20.3. The van der Waals surface area contributed by atoms with Gasteiger partial charge in [-0.25, -0.2) is 13.8 Å². The Morgan fingerprint density at radius 3 is 2.79 bits per heavy atom. The Bertz CT molecular complexity index is 969. The van der Waals surface area contributed by atoms with Crippen LogP contribution in [0.15, 0.2) is 30.6 Å². The Balaban J connectivity index is 1.15. The molecule has 2 aromatic rings. The Hall–Kier alpha value is -2.39. The van der Waals surface area contributed by atoms with Crippen LogP contribution in [0.25, 0.3) is 6.08 Å². The molecule has 34 heavy (non-hydrogen) atoms. The molecule has 1 saturated carbocycles. The molecule has 4 rings (SSSR count). The summed E-state index contributed by atoms with van der Waals surface area (Å²) in [5.74, 6) is -2.22. The summed E-state index contributed by atoms with van der Waals surface area (Å²) in [6.07, 6.45) is 13.1. The number of ether oxygens (including phenoxy) is 1. The van der Waals surface area contributed by atoms with E-state index in [1.165, 1.54) is 11.3 Å². The molecular weight excluding hydrogens is 458 g/mol. The van der Waals surface area contributed by atoms with Crippen molar-refractivity contribution in [2.75, 3.05) is 19.7 Å². The van der Waals surface area contributed by atoms with Gasteiger partial charge in [-0.2, -0.15) is 0 Å². The second-order valence-corrected chi connectivity index (χ2v) is 10.4. The van der Waals surface area contributed by atoms with Gasteiger partial charge in [-0.1, -0.05) is 11.3 Å². The predicted octanol–water partition coefficient (Wildman–Crippen LogP) is 4.71. The molecule has 1 aliphatic heterocycles. The average molecular weight is 491 g/mol. The van der Waals surface area contributed by atoms with Crippen LogP contribution in [0.2, 0.25) is 0 Å². The molecule has 0 saturated heterocycles. The van der Waals surface area contributed by atoms with Gasteiger partial charge in [0.2, 0.25) is 5.91 Å². The molecule has 9 heteroatoms. The lowest BCUT2D eigenvalue weighted by atomic mass is 9.84. The zero-order chi connectivity index (χ0) is 24.0. The van der Waals surface area contributed by atoms with E-state index >= 15 is 0 Å². The van der Waals surface area contributed by atoms with E-state index in [1.807, 2.05) is 18.2 Å². The van der Waals surface area contributed by atoms with Crippen LogP contribution in [0.4, 0.5) is 8.78 Å². The van der Waals surface area contributed by atoms with Gasteiger partial charge in [0.15, 0.2) is 6.61 Å². The van der Waals surface area contributed by atoms with Crippen LogP contribution in [0.3, 0.4) is 0 Å². The third kappa shape index (κ3) is 7.56. The van der Waals surface area contributed by atoms with Gasteiger partial charge < -0.3 is 10.1 Å². The van der Waals surface area contributed by atoms with E-state index in [0.717, 1.165) is 81.2 Å². The van der Waals surface area contributed by atoms with Gasteiger partial charge in [-0.15, -0.1) is 0 Å². The predicted molar refractivity (Wildman–Crippen MR) is 129 cm³/mol. The number of carbonyl (C=O) groups excluding carboxylic acids is 1. The molecule has 1 N–H and O–H groups in total. The standard InChI is InChI=1S/C25H32F2N4O2S/c1-25(26,27)17-33-24-30-21-16-31(15-11-22(21)34-24)14-10-18-2-5-20(6-3-18)29-23(32)7-4-19-8-12-28-13-9-19/h4,7-9,12-13,18,20H,2-3,5-6,10-11,14-17H2,1H3,(H,29,32)/b7-4+/t18-,20-. The highest BCUT2D eigenvalue weighted by Crippen LogP contribution is 2.32. The highest BCUT2D eigenvalue weighted by molar-refractivity contribution is 7.13. The van der Waals surface area contributed by atoms with Crippen molar-refractivity contribution in [3.05, 3.63) is 46.7 Å². The third-order valence-corrected chi connectivity index (χ3v) is 7.49. The number of hydrogen-bond donors (Lipinski definition) is 1. The zero-order valence-electron chi connectivity index (χ0n) is 19.5.